The molecule has 31 heavy (non-hydrogen) atoms. The van der Waals surface area contributed by atoms with Gasteiger partial charge >= 0.3 is 0 Å². The standard InChI is InChI=1S/C23H20N6O2/c24-10-16-3-1-15(2-4-16)5-8-22(30)28-11-18-13-29(14-19(18)12-28)23(31)17-6-7-20-21(9-17)26-27-25-20/h1-9,18-19H,11-14H2,(H,25,26,27)/b8-5+. The number of amides is 2. The average molecular weight is 412 g/mol. The second-order valence-electron chi connectivity index (χ2n) is 8.07. The lowest BCUT2D eigenvalue weighted by molar-refractivity contribution is -0.125. The van der Waals surface area contributed by atoms with Crippen LogP contribution in [0.1, 0.15) is 21.5 Å². The molecular weight excluding hydrogens is 392 g/mol. The zero-order chi connectivity index (χ0) is 21.4. The Bertz CT molecular complexity index is 1210. The van der Waals surface area contributed by atoms with Crippen LogP contribution in [-0.4, -0.2) is 63.2 Å². The fourth-order valence-electron chi connectivity index (χ4n) is 4.44. The van der Waals surface area contributed by atoms with Gasteiger partial charge < -0.3 is 9.80 Å². The first-order valence-electron chi connectivity index (χ1n) is 10.2. The first-order chi connectivity index (χ1) is 15.1. The molecule has 2 unspecified atom stereocenters. The van der Waals surface area contributed by atoms with E-state index in [9.17, 15) is 9.59 Å². The minimum Gasteiger partial charge on any atom is -0.338 e. The number of nitrogens with one attached hydrogen (secondary N) is 1. The van der Waals surface area contributed by atoms with Crippen LogP contribution in [0.5, 0.6) is 0 Å². The summed E-state index contributed by atoms with van der Waals surface area (Å²) in [5.41, 5.74) is 3.50. The highest BCUT2D eigenvalue weighted by Crippen LogP contribution is 2.32. The number of nitrogens with zero attached hydrogens (tertiary/aromatic N) is 5. The van der Waals surface area contributed by atoms with Crippen molar-refractivity contribution in [2.24, 2.45) is 11.8 Å². The Morgan fingerprint density at radius 1 is 0.968 bits per heavy atom. The van der Waals surface area contributed by atoms with E-state index in [1.165, 1.54) is 0 Å². The molecule has 3 aromatic rings. The lowest BCUT2D eigenvalue weighted by atomic mass is 10.0. The van der Waals surface area contributed by atoms with Crippen LogP contribution in [0.25, 0.3) is 17.1 Å². The van der Waals surface area contributed by atoms with Crippen molar-refractivity contribution in [1.82, 2.24) is 25.2 Å². The molecule has 8 heteroatoms. The molecule has 8 nitrogen and oxygen atoms in total. The van der Waals surface area contributed by atoms with E-state index in [0.717, 1.165) is 11.1 Å². The number of hydrogen-bond acceptors (Lipinski definition) is 5. The Morgan fingerprint density at radius 2 is 1.65 bits per heavy atom. The average Bonchev–Trinajstić information content (AvgIpc) is 3.51. The molecule has 154 valence electrons. The van der Waals surface area contributed by atoms with Crippen molar-refractivity contribution < 1.29 is 9.59 Å². The summed E-state index contributed by atoms with van der Waals surface area (Å²) < 4.78 is 0. The van der Waals surface area contributed by atoms with Crippen LogP contribution < -0.4 is 0 Å². The quantitative estimate of drug-likeness (QED) is 0.663. The highest BCUT2D eigenvalue weighted by atomic mass is 16.2. The first kappa shape index (κ1) is 19.0. The number of benzene rings is 2. The fourth-order valence-corrected chi connectivity index (χ4v) is 4.44. The number of nitriles is 1. The van der Waals surface area contributed by atoms with Crippen molar-refractivity contribution in [2.45, 2.75) is 0 Å². The van der Waals surface area contributed by atoms with Crippen molar-refractivity contribution >= 4 is 28.9 Å². The van der Waals surface area contributed by atoms with Gasteiger partial charge in [0.2, 0.25) is 5.91 Å². The third-order valence-corrected chi connectivity index (χ3v) is 6.11. The summed E-state index contributed by atoms with van der Waals surface area (Å²) in [4.78, 5) is 29.3. The van der Waals surface area contributed by atoms with Crippen molar-refractivity contribution in [3.8, 4) is 6.07 Å². The van der Waals surface area contributed by atoms with Gasteiger partial charge in [-0.05, 0) is 42.0 Å². The predicted molar refractivity (Wildman–Crippen MR) is 114 cm³/mol. The molecule has 1 N–H and O–H groups in total. The predicted octanol–water partition coefficient (Wildman–Crippen LogP) is 2.07. The summed E-state index contributed by atoms with van der Waals surface area (Å²) in [6.07, 6.45) is 3.35. The molecule has 0 radical (unpaired) electrons. The number of likely N-dealkylation sites (tertiary alicyclic amines) is 2. The maximum atomic E-state index is 12.9. The zero-order valence-electron chi connectivity index (χ0n) is 16.7. The third-order valence-electron chi connectivity index (χ3n) is 6.11. The fraction of sp³-hybridized carbons (Fsp3) is 0.261. The monoisotopic (exact) mass is 412 g/mol. The smallest absolute Gasteiger partial charge is 0.253 e. The third kappa shape index (κ3) is 3.66. The normalized spacial score (nSPS) is 20.4. The molecule has 3 heterocycles. The van der Waals surface area contributed by atoms with E-state index in [1.54, 1.807) is 42.5 Å². The highest BCUT2D eigenvalue weighted by molar-refractivity contribution is 5.97. The Labute approximate surface area is 178 Å². The molecular formula is C23H20N6O2. The minimum absolute atomic E-state index is 0.00196. The van der Waals surface area contributed by atoms with Crippen LogP contribution in [0.2, 0.25) is 0 Å². The number of carbonyl (C=O) groups excluding carboxylic acids is 2. The maximum Gasteiger partial charge on any atom is 0.253 e. The van der Waals surface area contributed by atoms with Gasteiger partial charge in [0, 0.05) is 49.7 Å². The SMILES string of the molecule is N#Cc1ccc(/C=C/C(=O)N2CC3CN(C(=O)c4ccc5n[nH]nc5c4)CC3C2)cc1. The Hall–Kier alpha value is -3.99. The molecule has 0 spiro atoms. The second-order valence-corrected chi connectivity index (χ2v) is 8.07. The Kier molecular flexibility index (Phi) is 4.71. The molecule has 0 bridgehead atoms. The van der Waals surface area contributed by atoms with Gasteiger partial charge in [-0.25, -0.2) is 0 Å². The van der Waals surface area contributed by atoms with Crippen molar-refractivity contribution in [2.75, 3.05) is 26.2 Å². The van der Waals surface area contributed by atoms with E-state index in [-0.39, 0.29) is 11.8 Å². The molecule has 2 aliphatic heterocycles. The van der Waals surface area contributed by atoms with E-state index < -0.39 is 0 Å². The molecule has 1 aromatic heterocycles. The molecule has 0 aliphatic carbocycles. The molecule has 0 saturated carbocycles. The van der Waals surface area contributed by atoms with E-state index in [2.05, 4.69) is 21.5 Å². The lowest BCUT2D eigenvalue weighted by Gasteiger charge is -2.21. The summed E-state index contributed by atoms with van der Waals surface area (Å²) in [5, 5.41) is 19.5. The summed E-state index contributed by atoms with van der Waals surface area (Å²) in [7, 11) is 0. The molecule has 2 aliphatic rings. The molecule has 2 atom stereocenters. The number of aromatic nitrogens is 3. The second kappa shape index (κ2) is 7.69. The van der Waals surface area contributed by atoms with Gasteiger partial charge in [0.1, 0.15) is 11.0 Å². The van der Waals surface area contributed by atoms with E-state index >= 15 is 0 Å². The maximum absolute atomic E-state index is 12.9. The van der Waals surface area contributed by atoms with Gasteiger partial charge in [-0.15, -0.1) is 0 Å². The van der Waals surface area contributed by atoms with Gasteiger partial charge in [-0.3, -0.25) is 9.59 Å². The van der Waals surface area contributed by atoms with E-state index in [0.29, 0.717) is 54.7 Å². The van der Waals surface area contributed by atoms with Crippen LogP contribution in [0.4, 0.5) is 0 Å². The van der Waals surface area contributed by atoms with E-state index in [1.807, 2.05) is 21.9 Å². The van der Waals surface area contributed by atoms with Gasteiger partial charge in [0.15, 0.2) is 0 Å². The van der Waals surface area contributed by atoms with Crippen LogP contribution in [0.3, 0.4) is 0 Å². The van der Waals surface area contributed by atoms with Gasteiger partial charge in [0.25, 0.3) is 5.91 Å². The number of carbonyl (C=O) groups is 2. The Balaban J connectivity index is 1.19. The van der Waals surface area contributed by atoms with Crippen LogP contribution in [0.15, 0.2) is 48.5 Å². The van der Waals surface area contributed by atoms with Crippen molar-refractivity contribution in [1.29, 1.82) is 5.26 Å². The summed E-state index contributed by atoms with van der Waals surface area (Å²) in [5.74, 6) is 0.574. The van der Waals surface area contributed by atoms with Gasteiger partial charge in [0.05, 0.1) is 11.6 Å². The molecule has 5 rings (SSSR count). The van der Waals surface area contributed by atoms with Crippen molar-refractivity contribution in [3.63, 3.8) is 0 Å². The number of H-pyrrole nitrogens is 1. The summed E-state index contributed by atoms with van der Waals surface area (Å²) in [6.45, 7) is 2.63. The molecule has 2 saturated heterocycles. The van der Waals surface area contributed by atoms with Crippen LogP contribution in [-0.2, 0) is 4.79 Å². The van der Waals surface area contributed by atoms with Crippen LogP contribution >= 0.6 is 0 Å². The largest absolute Gasteiger partial charge is 0.338 e. The van der Waals surface area contributed by atoms with Crippen molar-refractivity contribution in [3.05, 3.63) is 65.2 Å². The zero-order valence-corrected chi connectivity index (χ0v) is 16.7. The van der Waals surface area contributed by atoms with Crippen LogP contribution in [0, 0.1) is 23.2 Å². The number of fused-ring (bicyclic) bond motifs is 2. The topological polar surface area (TPSA) is 106 Å². The summed E-state index contributed by atoms with van der Waals surface area (Å²) in [6, 6.07) is 14.5. The van der Waals surface area contributed by atoms with E-state index in [4.69, 9.17) is 5.26 Å². The number of hydrogen-bond donors (Lipinski definition) is 1. The lowest BCUT2D eigenvalue weighted by Crippen LogP contribution is -2.35. The minimum atomic E-state index is -0.0203. The van der Waals surface area contributed by atoms with Gasteiger partial charge in [-0.2, -0.15) is 20.7 Å². The summed E-state index contributed by atoms with van der Waals surface area (Å²) >= 11 is 0. The highest BCUT2D eigenvalue weighted by Gasteiger charge is 2.42. The van der Waals surface area contributed by atoms with Gasteiger partial charge in [-0.1, -0.05) is 12.1 Å². The Morgan fingerprint density at radius 3 is 2.35 bits per heavy atom. The number of aromatic amines is 1. The molecule has 2 fully saturated rings. The molecule has 2 amide bonds. The number of rotatable bonds is 3. The first-order valence-corrected chi connectivity index (χ1v) is 10.2. The molecule has 2 aromatic carbocycles.